The lowest BCUT2D eigenvalue weighted by atomic mass is 10.5. The van der Waals surface area contributed by atoms with Crippen molar-refractivity contribution in [3.8, 4) is 0 Å². The molecule has 0 aromatic heterocycles. The Morgan fingerprint density at radius 2 is 2.33 bits per heavy atom. The summed E-state index contributed by atoms with van der Waals surface area (Å²) in [5.41, 5.74) is 0. The summed E-state index contributed by atoms with van der Waals surface area (Å²) in [5, 5.41) is 0. The number of rotatable bonds is 2. The Bertz CT molecular complexity index is 107. The largest absolute Gasteiger partial charge is 0.508 e. The second-order valence-corrected chi connectivity index (χ2v) is 2.05. The molecule has 51 valence electrons. The highest BCUT2D eigenvalue weighted by molar-refractivity contribution is 5.60. The standard InChI is InChI=1S/C6H9O3/c1-8-6(7)9-4-5-2-3-5/h4-5H,2-3H2,1H3. The average Bonchev–Trinajstić information content (AvgIpc) is 2.65. The minimum Gasteiger partial charge on any atom is -0.438 e. The molecule has 0 spiro atoms. The van der Waals surface area contributed by atoms with Gasteiger partial charge in [-0.1, -0.05) is 0 Å². The third-order valence-electron chi connectivity index (χ3n) is 1.15. The van der Waals surface area contributed by atoms with Crippen molar-refractivity contribution in [2.24, 2.45) is 5.92 Å². The summed E-state index contributed by atoms with van der Waals surface area (Å²) in [4.78, 5) is 10.3. The number of hydrogen-bond donors (Lipinski definition) is 0. The molecule has 0 unspecified atom stereocenters. The molecule has 3 heteroatoms. The number of ether oxygens (including phenoxy) is 2. The Balaban J connectivity index is 1.96. The van der Waals surface area contributed by atoms with Crippen molar-refractivity contribution < 1.29 is 14.3 Å². The SMILES string of the molecule is COC(=O)O[CH]C1CC1. The van der Waals surface area contributed by atoms with Gasteiger partial charge in [0.25, 0.3) is 0 Å². The Kier molecular flexibility index (Phi) is 1.92. The molecule has 3 nitrogen and oxygen atoms in total. The van der Waals surface area contributed by atoms with Crippen molar-refractivity contribution >= 4 is 6.16 Å². The van der Waals surface area contributed by atoms with Crippen molar-refractivity contribution in [1.82, 2.24) is 0 Å². The van der Waals surface area contributed by atoms with Crippen molar-refractivity contribution in [3.05, 3.63) is 6.61 Å². The molecule has 0 aromatic carbocycles. The van der Waals surface area contributed by atoms with Crippen molar-refractivity contribution in [3.63, 3.8) is 0 Å². The molecular weight excluding hydrogens is 120 g/mol. The molecule has 0 heterocycles. The quantitative estimate of drug-likeness (QED) is 0.528. The van der Waals surface area contributed by atoms with Gasteiger partial charge in [-0.2, -0.15) is 0 Å². The van der Waals surface area contributed by atoms with Gasteiger partial charge in [0, 0.05) is 0 Å². The summed E-state index contributed by atoms with van der Waals surface area (Å²) in [6, 6.07) is 0. The number of methoxy groups -OCH3 is 1. The Labute approximate surface area is 53.9 Å². The van der Waals surface area contributed by atoms with Gasteiger partial charge >= 0.3 is 6.16 Å². The van der Waals surface area contributed by atoms with Crippen LogP contribution < -0.4 is 0 Å². The summed E-state index contributed by atoms with van der Waals surface area (Å²) in [7, 11) is 1.29. The first-order chi connectivity index (χ1) is 4.33. The molecule has 1 aliphatic rings. The van der Waals surface area contributed by atoms with E-state index in [0.29, 0.717) is 5.92 Å². The molecule has 0 amide bonds. The van der Waals surface area contributed by atoms with Gasteiger partial charge in [0.05, 0.1) is 7.11 Å². The van der Waals surface area contributed by atoms with E-state index in [4.69, 9.17) is 0 Å². The highest BCUT2D eigenvalue weighted by Crippen LogP contribution is 2.31. The molecule has 0 aromatic rings. The maximum Gasteiger partial charge on any atom is 0.508 e. The maximum atomic E-state index is 10.3. The molecule has 0 atom stereocenters. The van der Waals surface area contributed by atoms with Crippen LogP contribution in [0, 0.1) is 12.5 Å². The van der Waals surface area contributed by atoms with Crippen LogP contribution in [0.5, 0.6) is 0 Å². The normalized spacial score (nSPS) is 17.0. The molecular formula is C6H9O3. The molecule has 1 radical (unpaired) electrons. The highest BCUT2D eigenvalue weighted by Gasteiger charge is 2.23. The average molecular weight is 129 g/mol. The van der Waals surface area contributed by atoms with E-state index in [2.05, 4.69) is 9.47 Å². The van der Waals surface area contributed by atoms with Crippen molar-refractivity contribution in [2.75, 3.05) is 7.11 Å². The lowest BCUT2D eigenvalue weighted by Gasteiger charge is -1.97. The van der Waals surface area contributed by atoms with Crippen LogP contribution in [0.4, 0.5) is 4.79 Å². The molecule has 0 aliphatic heterocycles. The predicted octanol–water partition coefficient (Wildman–Crippen LogP) is 1.34. The molecule has 1 aliphatic carbocycles. The molecule has 9 heavy (non-hydrogen) atoms. The van der Waals surface area contributed by atoms with Gasteiger partial charge in [-0.25, -0.2) is 4.79 Å². The van der Waals surface area contributed by atoms with E-state index in [1.165, 1.54) is 13.7 Å². The van der Waals surface area contributed by atoms with Gasteiger partial charge in [-0.15, -0.1) is 0 Å². The molecule has 0 saturated heterocycles. The number of carbonyl (C=O) groups is 1. The van der Waals surface area contributed by atoms with Gasteiger partial charge in [0.15, 0.2) is 0 Å². The molecule has 1 fully saturated rings. The highest BCUT2D eigenvalue weighted by atomic mass is 16.7. The predicted molar refractivity (Wildman–Crippen MR) is 30.5 cm³/mol. The third-order valence-corrected chi connectivity index (χ3v) is 1.15. The van der Waals surface area contributed by atoms with Gasteiger partial charge in [0.1, 0.15) is 6.61 Å². The van der Waals surface area contributed by atoms with Crippen LogP contribution in [0.25, 0.3) is 0 Å². The zero-order chi connectivity index (χ0) is 6.69. The molecule has 1 saturated carbocycles. The minimum absolute atomic E-state index is 0.490. The summed E-state index contributed by atoms with van der Waals surface area (Å²) in [6.45, 7) is 1.53. The summed E-state index contributed by atoms with van der Waals surface area (Å²) in [5.74, 6) is 0.490. The van der Waals surface area contributed by atoms with E-state index in [1.54, 1.807) is 0 Å². The van der Waals surface area contributed by atoms with E-state index >= 15 is 0 Å². The monoisotopic (exact) mass is 129 g/mol. The lowest BCUT2D eigenvalue weighted by Crippen LogP contribution is -2.01. The number of hydrogen-bond acceptors (Lipinski definition) is 3. The van der Waals surface area contributed by atoms with Crippen LogP contribution in [0.1, 0.15) is 12.8 Å². The minimum atomic E-state index is -0.623. The van der Waals surface area contributed by atoms with Gasteiger partial charge in [-0.3, -0.25) is 0 Å². The number of carbonyl (C=O) groups excluding carboxylic acids is 1. The Hall–Kier alpha value is -0.730. The molecule has 0 N–H and O–H groups in total. The van der Waals surface area contributed by atoms with E-state index in [9.17, 15) is 4.79 Å². The fourth-order valence-corrected chi connectivity index (χ4v) is 0.432. The van der Waals surface area contributed by atoms with E-state index in [-0.39, 0.29) is 0 Å². The second kappa shape index (κ2) is 2.71. The van der Waals surface area contributed by atoms with Crippen LogP contribution in [0.15, 0.2) is 0 Å². The summed E-state index contributed by atoms with van der Waals surface area (Å²) < 4.78 is 8.76. The Morgan fingerprint density at radius 3 is 2.78 bits per heavy atom. The first-order valence-corrected chi connectivity index (χ1v) is 2.91. The first kappa shape index (κ1) is 6.39. The van der Waals surface area contributed by atoms with Gasteiger partial charge in [-0.05, 0) is 18.8 Å². The third kappa shape index (κ3) is 2.35. The van der Waals surface area contributed by atoms with Gasteiger partial charge in [0.2, 0.25) is 0 Å². The first-order valence-electron chi connectivity index (χ1n) is 2.91. The van der Waals surface area contributed by atoms with Crippen LogP contribution >= 0.6 is 0 Å². The summed E-state index contributed by atoms with van der Waals surface area (Å²) >= 11 is 0. The van der Waals surface area contributed by atoms with Crippen LogP contribution in [0.3, 0.4) is 0 Å². The van der Waals surface area contributed by atoms with Crippen molar-refractivity contribution in [2.45, 2.75) is 12.8 Å². The molecule has 1 rings (SSSR count). The fraction of sp³-hybridized carbons (Fsp3) is 0.667. The van der Waals surface area contributed by atoms with Crippen LogP contribution in [0.2, 0.25) is 0 Å². The van der Waals surface area contributed by atoms with Crippen LogP contribution in [-0.4, -0.2) is 13.3 Å². The zero-order valence-corrected chi connectivity index (χ0v) is 5.29. The fourth-order valence-electron chi connectivity index (χ4n) is 0.432. The zero-order valence-electron chi connectivity index (χ0n) is 5.29. The molecule has 0 bridgehead atoms. The van der Waals surface area contributed by atoms with Gasteiger partial charge < -0.3 is 9.47 Å². The Morgan fingerprint density at radius 1 is 1.67 bits per heavy atom. The van der Waals surface area contributed by atoms with E-state index in [0.717, 1.165) is 12.8 Å². The topological polar surface area (TPSA) is 35.5 Å². The lowest BCUT2D eigenvalue weighted by molar-refractivity contribution is 0.0901. The smallest absolute Gasteiger partial charge is 0.438 e. The van der Waals surface area contributed by atoms with E-state index in [1.807, 2.05) is 0 Å². The van der Waals surface area contributed by atoms with Crippen LogP contribution in [-0.2, 0) is 9.47 Å². The maximum absolute atomic E-state index is 10.3. The second-order valence-electron chi connectivity index (χ2n) is 2.05. The van der Waals surface area contributed by atoms with Crippen molar-refractivity contribution in [1.29, 1.82) is 0 Å². The van der Waals surface area contributed by atoms with E-state index < -0.39 is 6.16 Å². The summed E-state index contributed by atoms with van der Waals surface area (Å²) in [6.07, 6.45) is 1.65.